The normalized spacial score (nSPS) is 10.7. The molecule has 1 amide bonds. The molecule has 0 saturated carbocycles. The van der Waals surface area contributed by atoms with Crippen LogP contribution in [0.1, 0.15) is 21.6 Å². The Labute approximate surface area is 116 Å². The zero-order valence-electron chi connectivity index (χ0n) is 11.1. The summed E-state index contributed by atoms with van der Waals surface area (Å²) in [5.41, 5.74) is 3.35. The van der Waals surface area contributed by atoms with E-state index in [4.69, 9.17) is 0 Å². The van der Waals surface area contributed by atoms with E-state index in [1.165, 1.54) is 0 Å². The number of hydrogen-bond donors (Lipinski definition) is 1. The molecule has 5 heteroatoms. The summed E-state index contributed by atoms with van der Waals surface area (Å²) in [5, 5.41) is 2.87. The maximum Gasteiger partial charge on any atom is 0.253 e. The van der Waals surface area contributed by atoms with Crippen LogP contribution in [0.15, 0.2) is 49.1 Å². The highest BCUT2D eigenvalue weighted by molar-refractivity contribution is 5.94. The van der Waals surface area contributed by atoms with Crippen LogP contribution in [-0.2, 0) is 6.54 Å². The maximum atomic E-state index is 12.1. The van der Waals surface area contributed by atoms with E-state index in [0.717, 1.165) is 16.9 Å². The minimum absolute atomic E-state index is 0.109. The van der Waals surface area contributed by atoms with E-state index in [2.05, 4.69) is 15.3 Å². The van der Waals surface area contributed by atoms with Gasteiger partial charge in [0.2, 0.25) is 0 Å². The monoisotopic (exact) mass is 266 g/mol. The molecule has 5 nitrogen and oxygen atoms in total. The molecule has 20 heavy (non-hydrogen) atoms. The summed E-state index contributed by atoms with van der Waals surface area (Å²) in [4.78, 5) is 20.4. The van der Waals surface area contributed by atoms with Crippen molar-refractivity contribution < 1.29 is 4.79 Å². The number of aromatic nitrogens is 3. The standard InChI is InChI=1S/C15H14N4O/c1-11-9-19-10-13(4-5-14(19)18-11)15(20)17-8-12-3-2-6-16-7-12/h2-7,9-10H,8H2,1H3,(H,17,20). The molecule has 3 rings (SSSR count). The van der Waals surface area contributed by atoms with Gasteiger partial charge in [-0.05, 0) is 30.7 Å². The number of amides is 1. The summed E-state index contributed by atoms with van der Waals surface area (Å²) < 4.78 is 1.86. The number of nitrogens with one attached hydrogen (secondary N) is 1. The fourth-order valence-electron chi connectivity index (χ4n) is 2.04. The molecular weight excluding hydrogens is 252 g/mol. The largest absolute Gasteiger partial charge is 0.348 e. The molecule has 0 aliphatic carbocycles. The van der Waals surface area contributed by atoms with Crippen molar-refractivity contribution >= 4 is 11.6 Å². The summed E-state index contributed by atoms with van der Waals surface area (Å²) in [5.74, 6) is -0.109. The van der Waals surface area contributed by atoms with Crippen LogP contribution in [0.2, 0.25) is 0 Å². The molecule has 0 radical (unpaired) electrons. The first-order valence-electron chi connectivity index (χ1n) is 6.35. The zero-order valence-corrected chi connectivity index (χ0v) is 11.1. The number of fused-ring (bicyclic) bond motifs is 1. The number of pyridine rings is 2. The van der Waals surface area contributed by atoms with Crippen molar-refractivity contribution in [2.75, 3.05) is 0 Å². The maximum absolute atomic E-state index is 12.1. The Balaban J connectivity index is 1.75. The molecule has 3 aromatic heterocycles. The lowest BCUT2D eigenvalue weighted by molar-refractivity contribution is 0.0950. The van der Waals surface area contributed by atoms with Crippen LogP contribution in [0.25, 0.3) is 5.65 Å². The summed E-state index contributed by atoms with van der Waals surface area (Å²) in [6, 6.07) is 7.39. The molecule has 0 aliphatic rings. The van der Waals surface area contributed by atoms with Crippen LogP contribution < -0.4 is 5.32 Å². The molecular formula is C15H14N4O. The number of imidazole rings is 1. The molecule has 0 atom stereocenters. The van der Waals surface area contributed by atoms with E-state index in [1.807, 2.05) is 35.7 Å². The lowest BCUT2D eigenvalue weighted by Gasteiger charge is -2.05. The molecule has 1 N–H and O–H groups in total. The average Bonchev–Trinajstić information content (AvgIpc) is 2.85. The van der Waals surface area contributed by atoms with Gasteiger partial charge in [0.25, 0.3) is 5.91 Å². The van der Waals surface area contributed by atoms with Crippen molar-refractivity contribution in [3.63, 3.8) is 0 Å². The van der Waals surface area contributed by atoms with Crippen LogP contribution in [0, 0.1) is 6.92 Å². The molecule has 0 fully saturated rings. The minimum Gasteiger partial charge on any atom is -0.348 e. The Morgan fingerprint density at radius 1 is 1.30 bits per heavy atom. The van der Waals surface area contributed by atoms with Gasteiger partial charge in [-0.2, -0.15) is 0 Å². The van der Waals surface area contributed by atoms with E-state index in [1.54, 1.807) is 24.7 Å². The molecule has 0 aliphatic heterocycles. The third-order valence-electron chi connectivity index (χ3n) is 3.01. The predicted molar refractivity (Wildman–Crippen MR) is 75.3 cm³/mol. The molecule has 0 bridgehead atoms. The van der Waals surface area contributed by atoms with Crippen molar-refractivity contribution in [2.24, 2.45) is 0 Å². The van der Waals surface area contributed by atoms with Gasteiger partial charge in [-0.3, -0.25) is 9.78 Å². The molecule has 100 valence electrons. The highest BCUT2D eigenvalue weighted by Crippen LogP contribution is 2.07. The Hall–Kier alpha value is -2.69. The zero-order chi connectivity index (χ0) is 13.9. The van der Waals surface area contributed by atoms with Gasteiger partial charge >= 0.3 is 0 Å². The second kappa shape index (κ2) is 5.13. The first-order valence-corrected chi connectivity index (χ1v) is 6.35. The molecule has 3 heterocycles. The summed E-state index contributed by atoms with van der Waals surface area (Å²) in [6.07, 6.45) is 7.13. The summed E-state index contributed by atoms with van der Waals surface area (Å²) in [6.45, 7) is 2.39. The van der Waals surface area contributed by atoms with Crippen LogP contribution in [0.3, 0.4) is 0 Å². The van der Waals surface area contributed by atoms with Crippen molar-refractivity contribution in [1.82, 2.24) is 19.7 Å². The molecule has 3 aromatic rings. The number of rotatable bonds is 3. The predicted octanol–water partition coefficient (Wildman–Crippen LogP) is 1.97. The smallest absolute Gasteiger partial charge is 0.253 e. The van der Waals surface area contributed by atoms with E-state index in [0.29, 0.717) is 12.1 Å². The lowest BCUT2D eigenvalue weighted by Crippen LogP contribution is -2.23. The van der Waals surface area contributed by atoms with Crippen molar-refractivity contribution in [1.29, 1.82) is 0 Å². The second-order valence-corrected chi connectivity index (χ2v) is 4.61. The highest BCUT2D eigenvalue weighted by atomic mass is 16.1. The number of carbonyl (C=O) groups excluding carboxylic acids is 1. The Morgan fingerprint density at radius 3 is 3.00 bits per heavy atom. The van der Waals surface area contributed by atoms with Gasteiger partial charge in [-0.15, -0.1) is 0 Å². The van der Waals surface area contributed by atoms with Crippen molar-refractivity contribution in [2.45, 2.75) is 13.5 Å². The number of nitrogens with zero attached hydrogens (tertiary/aromatic N) is 3. The van der Waals surface area contributed by atoms with Gasteiger partial charge < -0.3 is 9.72 Å². The molecule has 0 aromatic carbocycles. The van der Waals surface area contributed by atoms with E-state index < -0.39 is 0 Å². The second-order valence-electron chi connectivity index (χ2n) is 4.61. The van der Waals surface area contributed by atoms with E-state index in [9.17, 15) is 4.79 Å². The van der Waals surface area contributed by atoms with Crippen LogP contribution >= 0.6 is 0 Å². The third kappa shape index (κ3) is 2.51. The minimum atomic E-state index is -0.109. The number of carbonyl (C=O) groups is 1. The summed E-state index contributed by atoms with van der Waals surface area (Å²) >= 11 is 0. The summed E-state index contributed by atoms with van der Waals surface area (Å²) in [7, 11) is 0. The Kier molecular flexibility index (Phi) is 3.16. The number of hydrogen-bond acceptors (Lipinski definition) is 3. The quantitative estimate of drug-likeness (QED) is 0.788. The van der Waals surface area contributed by atoms with Crippen molar-refractivity contribution in [3.05, 3.63) is 65.9 Å². The van der Waals surface area contributed by atoms with Crippen LogP contribution in [0.5, 0.6) is 0 Å². The average molecular weight is 266 g/mol. The first-order chi connectivity index (χ1) is 9.72. The van der Waals surface area contributed by atoms with Crippen LogP contribution in [-0.4, -0.2) is 20.3 Å². The van der Waals surface area contributed by atoms with Gasteiger partial charge in [0.15, 0.2) is 0 Å². The third-order valence-corrected chi connectivity index (χ3v) is 3.01. The Bertz CT molecular complexity index is 749. The van der Waals surface area contributed by atoms with E-state index >= 15 is 0 Å². The fourth-order valence-corrected chi connectivity index (χ4v) is 2.04. The van der Waals surface area contributed by atoms with Crippen LogP contribution in [0.4, 0.5) is 0 Å². The van der Waals surface area contributed by atoms with Gasteiger partial charge in [-0.25, -0.2) is 4.98 Å². The van der Waals surface area contributed by atoms with E-state index in [-0.39, 0.29) is 5.91 Å². The fraction of sp³-hybridized carbons (Fsp3) is 0.133. The van der Waals surface area contributed by atoms with Crippen molar-refractivity contribution in [3.8, 4) is 0 Å². The van der Waals surface area contributed by atoms with Gasteiger partial charge in [0.05, 0.1) is 11.3 Å². The SMILES string of the molecule is Cc1cn2cc(C(=O)NCc3cccnc3)ccc2n1. The van der Waals surface area contributed by atoms with Gasteiger partial charge in [0, 0.05) is 31.3 Å². The van der Waals surface area contributed by atoms with Gasteiger partial charge in [0.1, 0.15) is 5.65 Å². The molecule has 0 saturated heterocycles. The molecule has 0 spiro atoms. The van der Waals surface area contributed by atoms with Gasteiger partial charge in [-0.1, -0.05) is 6.07 Å². The Morgan fingerprint density at radius 2 is 2.20 bits per heavy atom. The topological polar surface area (TPSA) is 59.3 Å². The highest BCUT2D eigenvalue weighted by Gasteiger charge is 2.07. The molecule has 0 unspecified atom stereocenters. The lowest BCUT2D eigenvalue weighted by atomic mass is 10.2. The number of aryl methyl sites for hydroxylation is 1. The first kappa shape index (κ1) is 12.3.